The Morgan fingerprint density at radius 2 is 1.88 bits per heavy atom. The highest BCUT2D eigenvalue weighted by molar-refractivity contribution is 7.90. The molecule has 0 fully saturated rings. The van der Waals surface area contributed by atoms with E-state index in [4.69, 9.17) is 5.26 Å². The van der Waals surface area contributed by atoms with E-state index in [9.17, 15) is 13.2 Å². The number of pyridine rings is 2. The van der Waals surface area contributed by atoms with Crippen LogP contribution >= 0.6 is 0 Å². The molecular weight excluding hydrogens is 426 g/mol. The molecule has 0 saturated carbocycles. The van der Waals surface area contributed by atoms with Crippen molar-refractivity contribution in [3.8, 4) is 17.2 Å². The molecule has 8 nitrogen and oxygen atoms in total. The van der Waals surface area contributed by atoms with Crippen LogP contribution in [0.3, 0.4) is 0 Å². The van der Waals surface area contributed by atoms with Crippen LogP contribution in [-0.2, 0) is 9.84 Å². The smallest absolute Gasteiger partial charge is 0.259 e. The molecule has 0 bridgehead atoms. The molecule has 3 aromatic heterocycles. The van der Waals surface area contributed by atoms with E-state index in [2.05, 4.69) is 10.1 Å². The molecule has 9 heteroatoms. The van der Waals surface area contributed by atoms with E-state index in [1.807, 2.05) is 13.0 Å². The van der Waals surface area contributed by atoms with Crippen molar-refractivity contribution in [1.82, 2.24) is 14.6 Å². The molecule has 1 amide bonds. The van der Waals surface area contributed by atoms with Crippen molar-refractivity contribution in [2.75, 3.05) is 17.7 Å². The second-order valence-electron chi connectivity index (χ2n) is 7.17. The molecule has 160 valence electrons. The van der Waals surface area contributed by atoms with Crippen molar-refractivity contribution >= 4 is 27.1 Å². The van der Waals surface area contributed by atoms with Crippen LogP contribution in [0.25, 0.3) is 16.6 Å². The first-order valence-electron chi connectivity index (χ1n) is 9.77. The monoisotopic (exact) mass is 445 g/mol. The topological polar surface area (TPSA) is 108 Å². The van der Waals surface area contributed by atoms with E-state index in [1.165, 1.54) is 11.1 Å². The van der Waals surface area contributed by atoms with Crippen molar-refractivity contribution < 1.29 is 13.2 Å². The molecule has 1 aromatic carbocycles. The Bertz CT molecular complexity index is 1450. The molecule has 3 heterocycles. The highest BCUT2D eigenvalue weighted by atomic mass is 32.2. The van der Waals surface area contributed by atoms with E-state index in [0.717, 1.165) is 17.4 Å². The summed E-state index contributed by atoms with van der Waals surface area (Å²) in [5, 5.41) is 13.3. The fraction of sp³-hybridized carbons (Fsp3) is 0.130. The van der Waals surface area contributed by atoms with Gasteiger partial charge >= 0.3 is 0 Å². The Balaban J connectivity index is 1.71. The Morgan fingerprint density at radius 3 is 2.47 bits per heavy atom. The van der Waals surface area contributed by atoms with Gasteiger partial charge in [0.25, 0.3) is 5.91 Å². The quantitative estimate of drug-likeness (QED) is 0.466. The van der Waals surface area contributed by atoms with E-state index >= 15 is 0 Å². The fourth-order valence-electron chi connectivity index (χ4n) is 3.40. The molecule has 4 rings (SSSR count). The summed E-state index contributed by atoms with van der Waals surface area (Å²) in [6.07, 6.45) is 5.98. The first-order valence-corrected chi connectivity index (χ1v) is 11.7. The molecule has 0 aliphatic heterocycles. The Labute approximate surface area is 185 Å². The maximum absolute atomic E-state index is 13.2. The number of carbonyl (C=O) groups is 1. The van der Waals surface area contributed by atoms with Crippen molar-refractivity contribution in [2.24, 2.45) is 0 Å². The van der Waals surface area contributed by atoms with Crippen molar-refractivity contribution in [2.45, 2.75) is 11.8 Å². The normalized spacial score (nSPS) is 11.3. The molecule has 0 spiro atoms. The third kappa shape index (κ3) is 3.96. The van der Waals surface area contributed by atoms with Crippen LogP contribution in [0.15, 0.2) is 72.0 Å². The Morgan fingerprint density at radius 1 is 1.12 bits per heavy atom. The van der Waals surface area contributed by atoms with Crippen molar-refractivity contribution in [1.29, 1.82) is 5.26 Å². The van der Waals surface area contributed by atoms with Gasteiger partial charge in [-0.2, -0.15) is 10.4 Å². The molecule has 32 heavy (non-hydrogen) atoms. The van der Waals surface area contributed by atoms with Crippen molar-refractivity contribution in [3.05, 3.63) is 78.2 Å². The number of hydrogen-bond donors (Lipinski definition) is 0. The van der Waals surface area contributed by atoms with Crippen LogP contribution in [0.1, 0.15) is 22.8 Å². The maximum Gasteiger partial charge on any atom is 0.259 e. The van der Waals surface area contributed by atoms with Crippen LogP contribution in [0.4, 0.5) is 5.82 Å². The SMILES string of the molecule is CCN(C(=O)c1ccn2ncc(-c3ccc(S(C)(=O)=O)cc3)c2c1)c1ccc(C#N)cn1. The highest BCUT2D eigenvalue weighted by Gasteiger charge is 2.19. The predicted octanol–water partition coefficient (Wildman–Crippen LogP) is 3.34. The van der Waals surface area contributed by atoms with Gasteiger partial charge in [0.2, 0.25) is 0 Å². The van der Waals surface area contributed by atoms with Gasteiger partial charge in [-0.3, -0.25) is 9.69 Å². The number of sulfone groups is 1. The molecule has 0 aliphatic carbocycles. The number of anilines is 1. The molecule has 4 aromatic rings. The maximum atomic E-state index is 13.2. The van der Waals surface area contributed by atoms with Gasteiger partial charge in [-0.1, -0.05) is 12.1 Å². The first kappa shape index (κ1) is 21.2. The molecule has 0 N–H and O–H groups in total. The number of amides is 1. The van der Waals surface area contributed by atoms with E-state index < -0.39 is 9.84 Å². The zero-order valence-electron chi connectivity index (χ0n) is 17.4. The summed E-state index contributed by atoms with van der Waals surface area (Å²) in [6, 6.07) is 15.3. The van der Waals surface area contributed by atoms with Crippen molar-refractivity contribution in [3.63, 3.8) is 0 Å². The second-order valence-corrected chi connectivity index (χ2v) is 9.18. The lowest BCUT2D eigenvalue weighted by molar-refractivity contribution is 0.0987. The number of fused-ring (bicyclic) bond motifs is 1. The molecular formula is C23H19N5O3S. The van der Waals surface area contributed by atoms with Gasteiger partial charge in [0.05, 0.1) is 22.2 Å². The van der Waals surface area contributed by atoms with Crippen LogP contribution < -0.4 is 4.90 Å². The summed E-state index contributed by atoms with van der Waals surface area (Å²) in [4.78, 5) is 19.2. The lowest BCUT2D eigenvalue weighted by atomic mass is 10.1. The number of hydrogen-bond acceptors (Lipinski definition) is 6. The Hall–Kier alpha value is -4.03. The van der Waals surface area contributed by atoms with Gasteiger partial charge in [-0.15, -0.1) is 0 Å². The van der Waals surface area contributed by atoms with Crippen LogP contribution in [0.2, 0.25) is 0 Å². The van der Waals surface area contributed by atoms with E-state index in [0.29, 0.717) is 29.0 Å². The van der Waals surface area contributed by atoms with Gasteiger partial charge in [-0.05, 0) is 48.9 Å². The van der Waals surface area contributed by atoms with Gasteiger partial charge in [0.1, 0.15) is 11.9 Å². The lowest BCUT2D eigenvalue weighted by Gasteiger charge is -2.20. The lowest BCUT2D eigenvalue weighted by Crippen LogP contribution is -2.31. The number of aromatic nitrogens is 3. The molecule has 0 atom stereocenters. The summed E-state index contributed by atoms with van der Waals surface area (Å²) in [5.41, 5.74) is 3.16. The first-order chi connectivity index (χ1) is 15.3. The largest absolute Gasteiger partial charge is 0.293 e. The molecule has 0 unspecified atom stereocenters. The third-order valence-electron chi connectivity index (χ3n) is 5.08. The molecule has 0 saturated heterocycles. The average molecular weight is 446 g/mol. The second kappa shape index (κ2) is 8.24. The molecule has 0 radical (unpaired) electrons. The van der Waals surface area contributed by atoms with Crippen LogP contribution in [0, 0.1) is 11.3 Å². The summed E-state index contributed by atoms with van der Waals surface area (Å²) in [5.74, 6) is 0.230. The van der Waals surface area contributed by atoms with Gasteiger partial charge in [0, 0.05) is 36.3 Å². The fourth-order valence-corrected chi connectivity index (χ4v) is 4.03. The number of nitriles is 1. The standard InChI is InChI=1S/C23H19N5O3S/c1-3-27(22-9-4-16(13-24)14-25-22)23(29)18-10-11-28-21(12-18)20(15-26-28)17-5-7-19(8-6-17)32(2,30)31/h4-12,14-15H,3H2,1-2H3. The number of rotatable bonds is 5. The Kier molecular flexibility index (Phi) is 5.47. The summed E-state index contributed by atoms with van der Waals surface area (Å²) >= 11 is 0. The van der Waals surface area contributed by atoms with Crippen LogP contribution in [-0.4, -0.2) is 41.7 Å². The number of carbonyl (C=O) groups excluding carboxylic acids is 1. The van der Waals surface area contributed by atoms with E-state index in [-0.39, 0.29) is 10.8 Å². The zero-order chi connectivity index (χ0) is 22.9. The third-order valence-corrected chi connectivity index (χ3v) is 6.21. The van der Waals surface area contributed by atoms with Gasteiger partial charge in [-0.25, -0.2) is 17.9 Å². The number of benzene rings is 1. The highest BCUT2D eigenvalue weighted by Crippen LogP contribution is 2.27. The minimum atomic E-state index is -3.29. The van der Waals surface area contributed by atoms with Gasteiger partial charge in [0.15, 0.2) is 9.84 Å². The summed E-state index contributed by atoms with van der Waals surface area (Å²) in [6.45, 7) is 2.26. The molecule has 0 aliphatic rings. The summed E-state index contributed by atoms with van der Waals surface area (Å²) in [7, 11) is -3.29. The number of nitrogens with zero attached hydrogens (tertiary/aromatic N) is 5. The van der Waals surface area contributed by atoms with Gasteiger partial charge < -0.3 is 0 Å². The summed E-state index contributed by atoms with van der Waals surface area (Å²) < 4.78 is 25.1. The average Bonchev–Trinajstić information content (AvgIpc) is 3.22. The minimum absolute atomic E-state index is 0.230. The zero-order valence-corrected chi connectivity index (χ0v) is 18.2. The minimum Gasteiger partial charge on any atom is -0.293 e. The predicted molar refractivity (Wildman–Crippen MR) is 120 cm³/mol. The van der Waals surface area contributed by atoms with E-state index in [1.54, 1.807) is 65.4 Å². The van der Waals surface area contributed by atoms with Crippen LogP contribution in [0.5, 0.6) is 0 Å².